The van der Waals surface area contributed by atoms with E-state index in [2.05, 4.69) is 36.3 Å². The van der Waals surface area contributed by atoms with Crippen molar-refractivity contribution in [1.82, 2.24) is 9.78 Å². The Balaban J connectivity index is 2.07. The van der Waals surface area contributed by atoms with Crippen LogP contribution in [0.4, 0.5) is 5.82 Å². The monoisotopic (exact) mass is 201 g/mol. The van der Waals surface area contributed by atoms with Crippen LogP contribution in [0.15, 0.2) is 42.6 Å². The van der Waals surface area contributed by atoms with E-state index in [-0.39, 0.29) is 0 Å². The first-order chi connectivity index (χ1) is 7.25. The first-order valence-corrected chi connectivity index (χ1v) is 5.09. The van der Waals surface area contributed by atoms with Gasteiger partial charge >= 0.3 is 0 Å². The third-order valence-electron chi connectivity index (χ3n) is 2.49. The summed E-state index contributed by atoms with van der Waals surface area (Å²) < 4.78 is 1.88. The molecule has 0 bridgehead atoms. The van der Waals surface area contributed by atoms with E-state index in [4.69, 9.17) is 5.73 Å². The van der Waals surface area contributed by atoms with Gasteiger partial charge in [-0.15, -0.1) is 0 Å². The zero-order valence-corrected chi connectivity index (χ0v) is 8.80. The van der Waals surface area contributed by atoms with E-state index in [0.29, 0.717) is 11.7 Å². The second kappa shape index (κ2) is 4.17. The number of aromatic nitrogens is 2. The van der Waals surface area contributed by atoms with Crippen molar-refractivity contribution in [2.24, 2.45) is 0 Å². The van der Waals surface area contributed by atoms with Crippen LogP contribution in [-0.4, -0.2) is 9.78 Å². The van der Waals surface area contributed by atoms with Gasteiger partial charge in [0.15, 0.2) is 0 Å². The molecule has 1 aromatic carbocycles. The fraction of sp³-hybridized carbons (Fsp3) is 0.250. The Morgan fingerprint density at radius 2 is 2.00 bits per heavy atom. The van der Waals surface area contributed by atoms with Gasteiger partial charge in [-0.25, -0.2) is 0 Å². The molecule has 1 aromatic heterocycles. The highest BCUT2D eigenvalue weighted by Crippen LogP contribution is 2.16. The van der Waals surface area contributed by atoms with Crippen LogP contribution in [0.2, 0.25) is 0 Å². The molecule has 1 heterocycles. The van der Waals surface area contributed by atoms with Crippen LogP contribution in [-0.2, 0) is 6.54 Å². The summed E-state index contributed by atoms with van der Waals surface area (Å²) >= 11 is 0. The van der Waals surface area contributed by atoms with Crippen LogP contribution in [0.3, 0.4) is 0 Å². The summed E-state index contributed by atoms with van der Waals surface area (Å²) in [6.07, 6.45) is 1.91. The molecule has 78 valence electrons. The summed E-state index contributed by atoms with van der Waals surface area (Å²) in [4.78, 5) is 0. The highest BCUT2D eigenvalue weighted by Gasteiger charge is 2.06. The van der Waals surface area contributed by atoms with Crippen LogP contribution in [0.5, 0.6) is 0 Å². The highest BCUT2D eigenvalue weighted by atomic mass is 15.3. The van der Waals surface area contributed by atoms with E-state index in [9.17, 15) is 0 Å². The standard InChI is InChI=1S/C12H15N3/c1-10(11-5-3-2-4-6-11)9-15-8-7-12(13)14-15/h2-8,10H,9H2,1H3,(H2,13,14)/t10-/m1/s1. The Morgan fingerprint density at radius 1 is 1.27 bits per heavy atom. The van der Waals surface area contributed by atoms with Gasteiger partial charge in [-0.1, -0.05) is 37.3 Å². The average molecular weight is 201 g/mol. The second-order valence-corrected chi connectivity index (χ2v) is 3.77. The van der Waals surface area contributed by atoms with Crippen molar-refractivity contribution in [3.63, 3.8) is 0 Å². The first-order valence-electron chi connectivity index (χ1n) is 5.09. The molecule has 0 aliphatic carbocycles. The van der Waals surface area contributed by atoms with Crippen molar-refractivity contribution in [2.45, 2.75) is 19.4 Å². The Bertz CT molecular complexity index is 419. The number of nitrogen functional groups attached to an aromatic ring is 1. The number of rotatable bonds is 3. The SMILES string of the molecule is C[C@H](Cn1ccc(N)n1)c1ccccc1. The lowest BCUT2D eigenvalue weighted by Gasteiger charge is -2.11. The maximum Gasteiger partial charge on any atom is 0.145 e. The Morgan fingerprint density at radius 3 is 2.60 bits per heavy atom. The van der Waals surface area contributed by atoms with E-state index < -0.39 is 0 Å². The molecule has 0 amide bonds. The lowest BCUT2D eigenvalue weighted by Crippen LogP contribution is -2.07. The van der Waals surface area contributed by atoms with Crippen LogP contribution in [0, 0.1) is 0 Å². The Labute approximate surface area is 89.5 Å². The fourth-order valence-electron chi connectivity index (χ4n) is 1.65. The van der Waals surface area contributed by atoms with Crippen molar-refractivity contribution in [3.05, 3.63) is 48.2 Å². The molecule has 2 aromatic rings. The second-order valence-electron chi connectivity index (χ2n) is 3.77. The van der Waals surface area contributed by atoms with Crippen molar-refractivity contribution in [3.8, 4) is 0 Å². The predicted molar refractivity (Wildman–Crippen MR) is 61.5 cm³/mol. The normalized spacial score (nSPS) is 12.6. The van der Waals surface area contributed by atoms with Gasteiger partial charge in [0.2, 0.25) is 0 Å². The molecule has 2 N–H and O–H groups in total. The minimum Gasteiger partial charge on any atom is -0.382 e. The summed E-state index contributed by atoms with van der Waals surface area (Å²) in [5.41, 5.74) is 6.89. The summed E-state index contributed by atoms with van der Waals surface area (Å²) in [6.45, 7) is 3.05. The number of hydrogen-bond acceptors (Lipinski definition) is 2. The van der Waals surface area contributed by atoms with Gasteiger partial charge in [-0.05, 0) is 11.6 Å². The van der Waals surface area contributed by atoms with Crippen molar-refractivity contribution >= 4 is 5.82 Å². The number of nitrogens with two attached hydrogens (primary N) is 1. The lowest BCUT2D eigenvalue weighted by molar-refractivity contribution is 0.545. The first kappa shape index (κ1) is 9.77. The number of nitrogens with zero attached hydrogens (tertiary/aromatic N) is 2. The largest absolute Gasteiger partial charge is 0.382 e. The van der Waals surface area contributed by atoms with Gasteiger partial charge in [-0.3, -0.25) is 4.68 Å². The predicted octanol–water partition coefficient (Wildman–Crippen LogP) is 2.27. The molecule has 0 radical (unpaired) electrons. The molecule has 1 atom stereocenters. The van der Waals surface area contributed by atoms with Crippen molar-refractivity contribution in [2.75, 3.05) is 5.73 Å². The summed E-state index contributed by atoms with van der Waals surface area (Å²) in [5.74, 6) is 1.03. The third-order valence-corrected chi connectivity index (χ3v) is 2.49. The van der Waals surface area contributed by atoms with Gasteiger partial charge in [0.25, 0.3) is 0 Å². The summed E-state index contributed by atoms with van der Waals surface area (Å²) in [6, 6.07) is 12.2. The maximum absolute atomic E-state index is 5.56. The zero-order chi connectivity index (χ0) is 10.7. The van der Waals surface area contributed by atoms with Crippen LogP contribution in [0.25, 0.3) is 0 Å². The zero-order valence-electron chi connectivity index (χ0n) is 8.80. The molecule has 3 nitrogen and oxygen atoms in total. The molecule has 2 rings (SSSR count). The van der Waals surface area contributed by atoms with Gasteiger partial charge in [0.05, 0.1) is 0 Å². The van der Waals surface area contributed by atoms with E-state index in [1.54, 1.807) is 0 Å². The quantitative estimate of drug-likeness (QED) is 0.827. The van der Waals surface area contributed by atoms with Gasteiger partial charge in [-0.2, -0.15) is 5.10 Å². The molecule has 0 aliphatic rings. The molecule has 0 aliphatic heterocycles. The third kappa shape index (κ3) is 2.37. The van der Waals surface area contributed by atoms with E-state index >= 15 is 0 Å². The number of benzene rings is 1. The van der Waals surface area contributed by atoms with Gasteiger partial charge in [0, 0.05) is 18.7 Å². The lowest BCUT2D eigenvalue weighted by atomic mass is 10.0. The van der Waals surface area contributed by atoms with Crippen molar-refractivity contribution in [1.29, 1.82) is 0 Å². The Hall–Kier alpha value is -1.77. The molecule has 0 unspecified atom stereocenters. The highest BCUT2D eigenvalue weighted by molar-refractivity contribution is 5.24. The molecule has 0 saturated heterocycles. The molecular weight excluding hydrogens is 186 g/mol. The van der Waals surface area contributed by atoms with Crippen LogP contribution in [0.1, 0.15) is 18.4 Å². The summed E-state index contributed by atoms with van der Waals surface area (Å²) in [7, 11) is 0. The maximum atomic E-state index is 5.56. The number of anilines is 1. The molecule has 3 heteroatoms. The minimum absolute atomic E-state index is 0.450. The number of hydrogen-bond donors (Lipinski definition) is 1. The minimum atomic E-state index is 0.450. The van der Waals surface area contributed by atoms with E-state index in [1.807, 2.05) is 23.0 Å². The van der Waals surface area contributed by atoms with E-state index in [1.165, 1.54) is 5.56 Å². The average Bonchev–Trinajstić information content (AvgIpc) is 2.65. The van der Waals surface area contributed by atoms with Crippen LogP contribution < -0.4 is 5.73 Å². The van der Waals surface area contributed by atoms with Crippen LogP contribution >= 0.6 is 0 Å². The molecule has 15 heavy (non-hydrogen) atoms. The molecule has 0 spiro atoms. The molecular formula is C12H15N3. The molecule has 0 saturated carbocycles. The van der Waals surface area contributed by atoms with Gasteiger partial charge < -0.3 is 5.73 Å². The Kier molecular flexibility index (Phi) is 2.72. The van der Waals surface area contributed by atoms with E-state index in [0.717, 1.165) is 6.54 Å². The molecule has 0 fully saturated rings. The fourth-order valence-corrected chi connectivity index (χ4v) is 1.65. The van der Waals surface area contributed by atoms with Crippen molar-refractivity contribution < 1.29 is 0 Å². The topological polar surface area (TPSA) is 43.8 Å². The summed E-state index contributed by atoms with van der Waals surface area (Å²) in [5, 5.41) is 4.17. The van der Waals surface area contributed by atoms with Gasteiger partial charge in [0.1, 0.15) is 5.82 Å². The smallest absolute Gasteiger partial charge is 0.145 e.